The van der Waals surface area contributed by atoms with Crippen molar-refractivity contribution in [2.75, 3.05) is 35.9 Å². The Balaban J connectivity index is 1.43. The number of amides is 4. The van der Waals surface area contributed by atoms with Gasteiger partial charge in [0.15, 0.2) is 38.7 Å². The Morgan fingerprint density at radius 3 is 1.93 bits per heavy atom. The van der Waals surface area contributed by atoms with Gasteiger partial charge in [0.2, 0.25) is 17.6 Å². The molecule has 57 heavy (non-hydrogen) atoms. The summed E-state index contributed by atoms with van der Waals surface area (Å²) in [5.74, 6) is -25.2. The number of methoxy groups -OCH3 is 1. The van der Waals surface area contributed by atoms with Gasteiger partial charge in [-0.15, -0.1) is 23.2 Å². The van der Waals surface area contributed by atoms with Gasteiger partial charge in [-0.05, 0) is 37.0 Å². The first-order chi connectivity index (χ1) is 26.6. The average Bonchev–Trinajstić information content (AvgIpc) is 3.50. The summed E-state index contributed by atoms with van der Waals surface area (Å²) in [7, 11) is 3.81. The highest BCUT2D eigenvalue weighted by Gasteiger charge is 2.77. The van der Waals surface area contributed by atoms with Gasteiger partial charge in [0.25, 0.3) is 11.8 Å². The minimum atomic E-state index is -2.94. The van der Waals surface area contributed by atoms with E-state index in [1.165, 1.54) is 33.3 Å². The number of phenolic OH excluding ortho intramolecular Hbond substituents is 1. The molecule has 4 aliphatic rings. The topological polar surface area (TPSA) is 194 Å². The second-order valence-electron chi connectivity index (χ2n) is 13.9. The summed E-state index contributed by atoms with van der Waals surface area (Å²) in [4.78, 5) is 75.1. The lowest BCUT2D eigenvalue weighted by atomic mass is 9.56. The van der Waals surface area contributed by atoms with Crippen LogP contribution in [0.3, 0.4) is 0 Å². The first kappa shape index (κ1) is 39.3. The molecule has 0 unspecified atom stereocenters. The molecule has 0 radical (unpaired) electrons. The fourth-order valence-electron chi connectivity index (χ4n) is 8.51. The predicted octanol–water partition coefficient (Wildman–Crippen LogP) is 5.75. The number of allylic oxidation sites excluding steroid dienone is 2. The number of imide groups is 2. The number of aromatic hydroxyl groups is 1. The van der Waals surface area contributed by atoms with Crippen LogP contribution in [0.5, 0.6) is 11.5 Å². The van der Waals surface area contributed by atoms with Gasteiger partial charge < -0.3 is 14.7 Å². The van der Waals surface area contributed by atoms with Gasteiger partial charge in [-0.3, -0.25) is 39.4 Å². The van der Waals surface area contributed by atoms with Crippen LogP contribution in [0.4, 0.5) is 50.4 Å². The molecule has 0 spiro atoms. The van der Waals surface area contributed by atoms with Crippen LogP contribution < -0.4 is 19.4 Å². The first-order valence-electron chi connectivity index (χ1n) is 16.5. The van der Waals surface area contributed by atoms with Crippen LogP contribution in [0.1, 0.15) is 24.3 Å². The lowest BCUT2D eigenvalue weighted by molar-refractivity contribution is -0.392. The maximum atomic E-state index is 15.3. The molecule has 6 atom stereocenters. The minimum absolute atomic E-state index is 0.0191. The zero-order valence-electron chi connectivity index (χ0n) is 29.2. The number of carbonyl (C=O) groups excluding carboxylic acids is 4. The summed E-state index contributed by atoms with van der Waals surface area (Å²) in [5, 5.41) is 35.4. The maximum Gasteiger partial charge on any atom is 0.301 e. The van der Waals surface area contributed by atoms with E-state index in [1.807, 2.05) is 0 Å². The lowest BCUT2D eigenvalue weighted by Gasteiger charge is -2.50. The number of benzene rings is 3. The average molecular weight is 840 g/mol. The van der Waals surface area contributed by atoms with Gasteiger partial charge in [0.05, 0.1) is 34.5 Å². The molecule has 2 heterocycles. The van der Waals surface area contributed by atoms with Crippen LogP contribution >= 0.6 is 23.2 Å². The van der Waals surface area contributed by atoms with Crippen molar-refractivity contribution in [2.45, 2.75) is 28.5 Å². The van der Waals surface area contributed by atoms with E-state index < -0.39 is 137 Å². The van der Waals surface area contributed by atoms with E-state index in [4.69, 9.17) is 27.9 Å². The first-order valence-corrected chi connectivity index (χ1v) is 17.3. The fraction of sp³-hybridized carbons (Fsp3) is 0.314. The Kier molecular flexibility index (Phi) is 9.03. The minimum Gasteiger partial charge on any atom is -0.508 e. The third-order valence-corrected chi connectivity index (χ3v) is 12.3. The smallest absolute Gasteiger partial charge is 0.301 e. The normalized spacial score (nSPS) is 26.6. The third kappa shape index (κ3) is 5.15. The number of nitro groups is 2. The van der Waals surface area contributed by atoms with Crippen LogP contribution in [0.15, 0.2) is 42.0 Å². The number of nitrogens with zero attached hydrogens (tertiary/aromatic N) is 5. The number of ether oxygens (including phenoxy) is 1. The molecule has 1 saturated carbocycles. The monoisotopic (exact) mass is 839 g/mol. The Labute approximate surface area is 326 Å². The number of hydrogen-bond donors (Lipinski definition) is 1. The van der Waals surface area contributed by atoms with Crippen molar-refractivity contribution < 1.29 is 60.8 Å². The largest absolute Gasteiger partial charge is 0.508 e. The Bertz CT molecular complexity index is 2390. The Morgan fingerprint density at radius 1 is 0.842 bits per heavy atom. The number of carbonyl (C=O) groups is 4. The highest BCUT2D eigenvalue weighted by molar-refractivity contribution is 6.58. The van der Waals surface area contributed by atoms with Gasteiger partial charge in [-0.2, -0.15) is 0 Å². The molecule has 2 aliphatic heterocycles. The molecule has 3 aromatic rings. The van der Waals surface area contributed by atoms with E-state index in [2.05, 4.69) is 0 Å². The molecule has 0 bridgehead atoms. The molecule has 0 aromatic heterocycles. The van der Waals surface area contributed by atoms with Crippen LogP contribution in [0.25, 0.3) is 0 Å². The van der Waals surface area contributed by atoms with Crippen LogP contribution in [-0.2, 0) is 19.2 Å². The molecule has 2 saturated heterocycles. The molecule has 3 aromatic carbocycles. The van der Waals surface area contributed by atoms with E-state index in [1.54, 1.807) is 0 Å². The van der Waals surface area contributed by atoms with Crippen molar-refractivity contribution in [3.63, 3.8) is 0 Å². The van der Waals surface area contributed by atoms with Crippen molar-refractivity contribution >= 4 is 75.3 Å². The molecule has 22 heteroatoms. The van der Waals surface area contributed by atoms with Crippen LogP contribution in [0, 0.1) is 67.1 Å². The number of phenols is 1. The second-order valence-corrected chi connectivity index (χ2v) is 15.1. The molecule has 15 nitrogen and oxygen atoms in total. The van der Waals surface area contributed by atoms with Crippen molar-refractivity contribution in [2.24, 2.45) is 17.8 Å². The number of halogens is 7. The van der Waals surface area contributed by atoms with E-state index in [-0.39, 0.29) is 28.2 Å². The summed E-state index contributed by atoms with van der Waals surface area (Å²) in [6, 6.07) is 5.10. The summed E-state index contributed by atoms with van der Waals surface area (Å²) in [6.07, 6.45) is 0.129. The summed E-state index contributed by atoms with van der Waals surface area (Å²) >= 11 is 14.2. The molecule has 298 valence electrons. The van der Waals surface area contributed by atoms with E-state index in [0.717, 1.165) is 29.2 Å². The molecule has 2 aliphatic carbocycles. The predicted molar refractivity (Wildman–Crippen MR) is 188 cm³/mol. The zero-order chi connectivity index (χ0) is 42.0. The standard InChI is InChI=1S/C35H24Cl2F5N5O10/c1-43(2)28-18(46(53)54)8-12(9-19(28)47(55)56)44-30(49)15-6-5-14-17(21(15)31(44)50)11-34(36)32(51)45(29-26(41)24(39)23(38)25(40)27(29)42)33(52)35(34,37)22(14)16-10-13(57-3)4-7-20(16)48/h4-5,7-10,15,17,21-22,48H,6,11H2,1-3H3/t15-,17+,21-,22+,34+,35-/m0/s1. The highest BCUT2D eigenvalue weighted by Crippen LogP contribution is 2.67. The van der Waals surface area contributed by atoms with Crippen LogP contribution in [-0.4, -0.2) is 69.5 Å². The Hall–Kier alpha value is -5.89. The van der Waals surface area contributed by atoms with E-state index >= 15 is 8.78 Å². The van der Waals surface area contributed by atoms with Gasteiger partial charge in [0, 0.05) is 37.7 Å². The summed E-state index contributed by atoms with van der Waals surface area (Å²) in [5.41, 5.74) is -4.99. The van der Waals surface area contributed by atoms with Crippen molar-refractivity contribution in [3.8, 4) is 11.5 Å². The number of hydrogen-bond acceptors (Lipinski definition) is 11. The number of alkyl halides is 2. The van der Waals surface area contributed by atoms with E-state index in [9.17, 15) is 57.7 Å². The molecule has 1 N–H and O–H groups in total. The number of fused-ring (bicyclic) bond motifs is 4. The van der Waals surface area contributed by atoms with Gasteiger partial charge in [0.1, 0.15) is 17.2 Å². The number of rotatable bonds is 7. The third-order valence-electron chi connectivity index (χ3n) is 10.9. The Morgan fingerprint density at radius 2 is 1.40 bits per heavy atom. The molecular weight excluding hydrogens is 816 g/mol. The maximum absolute atomic E-state index is 15.3. The quantitative estimate of drug-likeness (QED) is 0.0445. The van der Waals surface area contributed by atoms with Gasteiger partial charge in [-0.1, -0.05) is 11.6 Å². The SMILES string of the molecule is COc1ccc(O)c([C@H]2C3=CC[C@@H]4C(=O)N(c5cc([N+](=O)[O-])c(N(C)C)c([N+](=O)[O-])c5)C(=O)[C@@H]4[C@@H]3C[C@@]3(Cl)C(=O)N(c4c(F)c(F)c(F)c(F)c4F)C(=O)[C@@]23Cl)c1. The van der Waals surface area contributed by atoms with Crippen molar-refractivity contribution in [1.29, 1.82) is 0 Å². The van der Waals surface area contributed by atoms with Gasteiger partial charge in [-0.25, -0.2) is 31.8 Å². The second kappa shape index (κ2) is 13.1. The molecular formula is C35H24Cl2F5N5O10. The van der Waals surface area contributed by atoms with Crippen molar-refractivity contribution in [1.82, 2.24) is 0 Å². The number of anilines is 3. The highest BCUT2D eigenvalue weighted by atomic mass is 35.5. The van der Waals surface area contributed by atoms with Crippen molar-refractivity contribution in [3.05, 3.63) is 96.9 Å². The van der Waals surface area contributed by atoms with E-state index in [0.29, 0.717) is 4.90 Å². The lowest BCUT2D eigenvalue weighted by Crippen LogP contribution is -2.60. The molecule has 7 rings (SSSR count). The zero-order valence-corrected chi connectivity index (χ0v) is 30.7. The van der Waals surface area contributed by atoms with Crippen LogP contribution in [0.2, 0.25) is 0 Å². The summed E-state index contributed by atoms with van der Waals surface area (Å²) < 4.78 is 79.0. The summed E-state index contributed by atoms with van der Waals surface area (Å²) in [6.45, 7) is 0. The van der Waals surface area contributed by atoms with Gasteiger partial charge >= 0.3 is 11.4 Å². The molecule has 3 fully saturated rings. The number of nitro benzene ring substituents is 2. The fourth-order valence-corrected chi connectivity index (χ4v) is 9.44. The molecule has 4 amide bonds.